The minimum atomic E-state index is -3.76. The van der Waals surface area contributed by atoms with Gasteiger partial charge in [0.05, 0.1) is 28.5 Å². The Bertz CT molecular complexity index is 1330. The average Bonchev–Trinajstić information content (AvgIpc) is 2.85. The molecule has 1 aromatic carbocycles. The van der Waals surface area contributed by atoms with E-state index in [1.54, 1.807) is 6.07 Å². The molecule has 11 heteroatoms. The number of aromatic amines is 1. The molecular formula is C28H41N5O5S. The van der Waals surface area contributed by atoms with Gasteiger partial charge >= 0.3 is 0 Å². The third-order valence-electron chi connectivity index (χ3n) is 7.59. The van der Waals surface area contributed by atoms with Crippen molar-refractivity contribution in [3.63, 3.8) is 0 Å². The molecule has 214 valence electrons. The number of sulfonamides is 1. The van der Waals surface area contributed by atoms with E-state index in [1.165, 1.54) is 16.4 Å². The van der Waals surface area contributed by atoms with Crippen molar-refractivity contribution in [3.05, 3.63) is 39.8 Å². The van der Waals surface area contributed by atoms with Gasteiger partial charge in [-0.1, -0.05) is 26.7 Å². The number of nitrogens with one attached hydrogen (secondary N) is 2. The lowest BCUT2D eigenvalue weighted by Gasteiger charge is -2.51. The van der Waals surface area contributed by atoms with Crippen LogP contribution in [0, 0.1) is 11.3 Å². The summed E-state index contributed by atoms with van der Waals surface area (Å²) >= 11 is 0. The van der Waals surface area contributed by atoms with Crippen molar-refractivity contribution in [3.8, 4) is 17.1 Å². The second kappa shape index (κ2) is 12.7. The number of hydrogen-bond donors (Lipinski definition) is 3. The number of H-pyrrole nitrogens is 1. The summed E-state index contributed by atoms with van der Waals surface area (Å²) in [6.07, 6.45) is 4.29. The number of aliphatic hydroxyl groups is 1. The lowest BCUT2D eigenvalue weighted by molar-refractivity contribution is -0.00849. The highest BCUT2D eigenvalue weighted by molar-refractivity contribution is 7.89. The highest BCUT2D eigenvalue weighted by Crippen LogP contribution is 2.34. The normalized spacial score (nSPS) is 17.1. The van der Waals surface area contributed by atoms with Gasteiger partial charge < -0.3 is 20.2 Å². The minimum absolute atomic E-state index is 0.115. The Morgan fingerprint density at radius 1 is 1.18 bits per heavy atom. The van der Waals surface area contributed by atoms with E-state index in [4.69, 9.17) is 20.2 Å². The number of nitrogens with zero attached hydrogens (tertiary/aromatic N) is 3. The van der Waals surface area contributed by atoms with Crippen LogP contribution in [-0.4, -0.2) is 83.8 Å². The number of likely N-dealkylation sites (tertiary alicyclic amines) is 1. The SMILES string of the molecule is CCCCc1c(C(=N)CCC)nc(-c2cc(S(=O)(=O)N3CC(N4CC(CCO)C4)C3)ccc2OCC)[nH]c1=O. The van der Waals surface area contributed by atoms with Crippen LogP contribution < -0.4 is 10.3 Å². The maximum atomic E-state index is 13.5. The van der Waals surface area contributed by atoms with Crippen LogP contribution in [-0.2, 0) is 16.4 Å². The molecule has 2 aromatic rings. The molecule has 3 N–H and O–H groups in total. The topological polar surface area (TPSA) is 140 Å². The second-order valence-electron chi connectivity index (χ2n) is 10.5. The van der Waals surface area contributed by atoms with E-state index >= 15 is 0 Å². The van der Waals surface area contributed by atoms with Crippen molar-refractivity contribution in [2.75, 3.05) is 39.4 Å². The van der Waals surface area contributed by atoms with Crippen molar-refractivity contribution in [1.82, 2.24) is 19.2 Å². The molecule has 10 nitrogen and oxygen atoms in total. The van der Waals surface area contributed by atoms with Crippen LogP contribution in [0.25, 0.3) is 11.4 Å². The van der Waals surface area contributed by atoms with E-state index < -0.39 is 10.0 Å². The molecule has 1 aromatic heterocycles. The van der Waals surface area contributed by atoms with Crippen LogP contribution >= 0.6 is 0 Å². The first-order valence-electron chi connectivity index (χ1n) is 14.1. The van der Waals surface area contributed by atoms with Gasteiger partial charge in [0, 0.05) is 44.4 Å². The molecule has 0 unspecified atom stereocenters. The van der Waals surface area contributed by atoms with Gasteiger partial charge in [-0.3, -0.25) is 9.69 Å². The molecule has 2 fully saturated rings. The first kappa shape index (κ1) is 29.4. The van der Waals surface area contributed by atoms with E-state index in [1.807, 2.05) is 20.8 Å². The quantitative estimate of drug-likeness (QED) is 0.302. The Kier molecular flexibility index (Phi) is 9.58. The number of benzene rings is 1. The zero-order valence-corrected chi connectivity index (χ0v) is 24.0. The lowest BCUT2D eigenvalue weighted by atomic mass is 9.93. The zero-order valence-electron chi connectivity index (χ0n) is 23.2. The van der Waals surface area contributed by atoms with Gasteiger partial charge in [0.2, 0.25) is 10.0 Å². The van der Waals surface area contributed by atoms with Crippen molar-refractivity contribution in [2.24, 2.45) is 5.92 Å². The molecule has 4 rings (SSSR count). The standard InChI is InChI=1S/C28H41N5O5S/c1-4-7-9-22-26(24(29)8-5-2)30-27(31-28(22)35)23-14-21(10-11-25(23)38-6-3)39(36,37)33-17-20(18-33)32-15-19(16-32)12-13-34/h10-11,14,19-20,29,34H,4-9,12-13,15-18H2,1-3H3,(H,30,31,35). The van der Waals surface area contributed by atoms with Gasteiger partial charge in [-0.05, 0) is 56.7 Å². The Hall–Kier alpha value is -2.60. The summed E-state index contributed by atoms with van der Waals surface area (Å²) in [6, 6.07) is 4.86. The Morgan fingerprint density at radius 2 is 1.92 bits per heavy atom. The maximum absolute atomic E-state index is 13.5. The van der Waals surface area contributed by atoms with E-state index in [0.29, 0.717) is 66.7 Å². The maximum Gasteiger partial charge on any atom is 0.255 e. The van der Waals surface area contributed by atoms with E-state index in [9.17, 15) is 13.2 Å². The molecule has 2 aliphatic heterocycles. The predicted octanol–water partition coefficient (Wildman–Crippen LogP) is 3.03. The number of unbranched alkanes of at least 4 members (excludes halogenated alkanes) is 1. The number of ether oxygens (including phenoxy) is 1. The van der Waals surface area contributed by atoms with Gasteiger partial charge in [0.25, 0.3) is 5.56 Å². The first-order valence-corrected chi connectivity index (χ1v) is 15.5. The largest absolute Gasteiger partial charge is 0.493 e. The molecular weight excluding hydrogens is 518 g/mol. The fourth-order valence-electron chi connectivity index (χ4n) is 5.23. The molecule has 0 aliphatic carbocycles. The zero-order chi connectivity index (χ0) is 28.2. The monoisotopic (exact) mass is 559 g/mol. The van der Waals surface area contributed by atoms with Crippen molar-refractivity contribution >= 4 is 15.7 Å². The molecule has 0 saturated carbocycles. The van der Waals surface area contributed by atoms with Crippen LogP contribution in [0.4, 0.5) is 0 Å². The Labute approximate surface area is 231 Å². The molecule has 39 heavy (non-hydrogen) atoms. The molecule has 0 bridgehead atoms. The van der Waals surface area contributed by atoms with E-state index in [0.717, 1.165) is 38.8 Å². The van der Waals surface area contributed by atoms with Crippen molar-refractivity contribution in [1.29, 1.82) is 5.41 Å². The van der Waals surface area contributed by atoms with E-state index in [2.05, 4.69) is 9.88 Å². The second-order valence-corrected chi connectivity index (χ2v) is 12.4. The summed E-state index contributed by atoms with van der Waals surface area (Å²) in [4.78, 5) is 23.1. The van der Waals surface area contributed by atoms with Gasteiger partial charge in [-0.2, -0.15) is 4.31 Å². The molecule has 0 amide bonds. The molecule has 2 saturated heterocycles. The van der Waals surface area contributed by atoms with Crippen LogP contribution in [0.3, 0.4) is 0 Å². The molecule has 3 heterocycles. The third kappa shape index (κ3) is 6.26. The van der Waals surface area contributed by atoms with Gasteiger partial charge in [-0.15, -0.1) is 0 Å². The first-order chi connectivity index (χ1) is 18.7. The number of aromatic nitrogens is 2. The molecule has 2 aliphatic rings. The molecule has 0 spiro atoms. The Morgan fingerprint density at radius 3 is 2.56 bits per heavy atom. The average molecular weight is 560 g/mol. The number of hydrogen-bond acceptors (Lipinski definition) is 8. The summed E-state index contributed by atoms with van der Waals surface area (Å²) in [6.45, 7) is 9.05. The fourth-order valence-corrected chi connectivity index (χ4v) is 6.77. The van der Waals surface area contributed by atoms with Gasteiger partial charge in [0.15, 0.2) is 0 Å². The van der Waals surface area contributed by atoms with Crippen molar-refractivity contribution in [2.45, 2.75) is 70.2 Å². The summed E-state index contributed by atoms with van der Waals surface area (Å²) in [5.74, 6) is 1.11. The summed E-state index contributed by atoms with van der Waals surface area (Å²) in [5, 5.41) is 17.7. The highest BCUT2D eigenvalue weighted by Gasteiger charge is 2.43. The summed E-state index contributed by atoms with van der Waals surface area (Å²) in [7, 11) is -3.76. The van der Waals surface area contributed by atoms with Gasteiger partial charge in [0.1, 0.15) is 11.6 Å². The van der Waals surface area contributed by atoms with E-state index in [-0.39, 0.29) is 28.9 Å². The van der Waals surface area contributed by atoms with Crippen LogP contribution in [0.5, 0.6) is 5.75 Å². The molecule has 0 atom stereocenters. The van der Waals surface area contributed by atoms with Gasteiger partial charge in [-0.25, -0.2) is 13.4 Å². The third-order valence-corrected chi connectivity index (χ3v) is 9.42. The Balaban J connectivity index is 1.64. The van der Waals surface area contributed by atoms with Crippen molar-refractivity contribution < 1.29 is 18.3 Å². The summed E-state index contributed by atoms with van der Waals surface area (Å²) in [5.41, 5.74) is 1.25. The minimum Gasteiger partial charge on any atom is -0.493 e. The molecule has 0 radical (unpaired) electrons. The smallest absolute Gasteiger partial charge is 0.255 e. The highest BCUT2D eigenvalue weighted by atomic mass is 32.2. The van der Waals surface area contributed by atoms with Crippen LogP contribution in [0.1, 0.15) is 64.1 Å². The van der Waals surface area contributed by atoms with Crippen LogP contribution in [0.15, 0.2) is 27.9 Å². The van der Waals surface area contributed by atoms with Crippen LogP contribution in [0.2, 0.25) is 0 Å². The summed E-state index contributed by atoms with van der Waals surface area (Å²) < 4.78 is 34.3. The number of aliphatic hydroxyl groups excluding tert-OH is 1. The predicted molar refractivity (Wildman–Crippen MR) is 151 cm³/mol. The fraction of sp³-hybridized carbons (Fsp3) is 0.607. The number of rotatable bonds is 14. The lowest BCUT2D eigenvalue weighted by Crippen LogP contribution is -2.66.